The third-order valence-corrected chi connectivity index (χ3v) is 4.47. The molecule has 1 N–H and O–H groups in total. The number of anilines is 1. The van der Waals surface area contributed by atoms with E-state index in [4.69, 9.17) is 4.74 Å². The molecule has 2 aromatic rings. The van der Waals surface area contributed by atoms with Crippen LogP contribution in [0, 0.1) is 10.1 Å². The summed E-state index contributed by atoms with van der Waals surface area (Å²) in [6, 6.07) is 7.61. The van der Waals surface area contributed by atoms with Gasteiger partial charge in [0.05, 0.1) is 17.6 Å². The smallest absolute Gasteiger partial charge is 0.322 e. The van der Waals surface area contributed by atoms with Crippen molar-refractivity contribution in [3.63, 3.8) is 0 Å². The third kappa shape index (κ3) is 3.72. The van der Waals surface area contributed by atoms with Crippen LogP contribution in [0.1, 0.15) is 18.6 Å². The monoisotopic (exact) mass is 347 g/mol. The topological polar surface area (TPSA) is 84.7 Å². The highest BCUT2D eigenvalue weighted by Crippen LogP contribution is 2.27. The number of morpholine rings is 1. The Morgan fingerprint density at radius 2 is 2.25 bits per heavy atom. The van der Waals surface area contributed by atoms with Crippen LogP contribution in [0.3, 0.4) is 0 Å². The molecular weight excluding hydrogens is 330 g/mol. The molecule has 1 aliphatic heterocycles. The maximum atomic E-state index is 12.5. The van der Waals surface area contributed by atoms with Crippen LogP contribution in [-0.4, -0.2) is 35.0 Å². The van der Waals surface area contributed by atoms with Gasteiger partial charge in [-0.05, 0) is 35.4 Å². The van der Waals surface area contributed by atoms with E-state index in [1.54, 1.807) is 28.4 Å². The summed E-state index contributed by atoms with van der Waals surface area (Å²) in [5, 5.41) is 17.5. The summed E-state index contributed by atoms with van der Waals surface area (Å²) in [5.74, 6) is 0. The summed E-state index contributed by atoms with van der Waals surface area (Å²) in [7, 11) is 0. The number of benzene rings is 1. The minimum Gasteiger partial charge on any atom is -0.367 e. The predicted octanol–water partition coefficient (Wildman–Crippen LogP) is 3.65. The van der Waals surface area contributed by atoms with Gasteiger partial charge in [-0.25, -0.2) is 4.79 Å². The number of nitrogens with zero attached hydrogens (tertiary/aromatic N) is 2. The number of hydrogen-bond acceptors (Lipinski definition) is 5. The van der Waals surface area contributed by atoms with Gasteiger partial charge in [-0.1, -0.05) is 6.07 Å². The number of carbonyl (C=O) groups excluding carboxylic acids is 1. The Balaban J connectivity index is 1.70. The summed E-state index contributed by atoms with van der Waals surface area (Å²) in [4.78, 5) is 24.5. The molecule has 0 bridgehead atoms. The second kappa shape index (κ2) is 6.98. The van der Waals surface area contributed by atoms with E-state index in [0.29, 0.717) is 18.8 Å². The van der Waals surface area contributed by atoms with E-state index in [9.17, 15) is 14.9 Å². The molecule has 0 spiro atoms. The lowest BCUT2D eigenvalue weighted by atomic mass is 10.1. The number of rotatable bonds is 3. The lowest BCUT2D eigenvalue weighted by Gasteiger charge is -2.36. The molecule has 2 amide bonds. The van der Waals surface area contributed by atoms with Gasteiger partial charge >= 0.3 is 6.03 Å². The summed E-state index contributed by atoms with van der Waals surface area (Å²) < 4.78 is 5.91. The van der Waals surface area contributed by atoms with Gasteiger partial charge in [0.25, 0.3) is 5.69 Å². The molecule has 0 saturated carbocycles. The number of ether oxygens (including phenoxy) is 1. The van der Waals surface area contributed by atoms with Crippen molar-refractivity contribution in [2.75, 3.05) is 18.4 Å². The zero-order chi connectivity index (χ0) is 17.1. The van der Waals surface area contributed by atoms with Gasteiger partial charge in [-0.15, -0.1) is 0 Å². The SMILES string of the molecule is C[C@@H]1CN(C(=O)Nc2cccc([N+](=O)[O-])c2)C[C@@H](c2ccsc2)O1. The van der Waals surface area contributed by atoms with Crippen molar-refractivity contribution in [2.45, 2.75) is 19.1 Å². The van der Waals surface area contributed by atoms with Gasteiger partial charge in [0.2, 0.25) is 0 Å². The van der Waals surface area contributed by atoms with Crippen LogP contribution >= 0.6 is 11.3 Å². The molecule has 0 radical (unpaired) electrons. The first-order chi connectivity index (χ1) is 11.5. The molecule has 1 aromatic heterocycles. The van der Waals surface area contributed by atoms with E-state index < -0.39 is 4.92 Å². The number of carbonyl (C=O) groups is 1. The quantitative estimate of drug-likeness (QED) is 0.678. The molecule has 1 aliphatic rings. The molecule has 7 nitrogen and oxygen atoms in total. The van der Waals surface area contributed by atoms with E-state index in [1.165, 1.54) is 12.1 Å². The predicted molar refractivity (Wildman–Crippen MR) is 91.3 cm³/mol. The molecule has 8 heteroatoms. The fraction of sp³-hybridized carbons (Fsp3) is 0.312. The molecule has 0 unspecified atom stereocenters. The Bertz CT molecular complexity index is 735. The molecule has 0 aliphatic carbocycles. The number of nitro benzene ring substituents is 1. The van der Waals surface area contributed by atoms with Crippen molar-refractivity contribution in [2.24, 2.45) is 0 Å². The number of thiophene rings is 1. The van der Waals surface area contributed by atoms with Crippen LogP contribution in [0.2, 0.25) is 0 Å². The molecule has 1 aromatic carbocycles. The van der Waals surface area contributed by atoms with Crippen molar-refractivity contribution >= 4 is 28.7 Å². The van der Waals surface area contributed by atoms with E-state index in [0.717, 1.165) is 5.56 Å². The first kappa shape index (κ1) is 16.4. The van der Waals surface area contributed by atoms with Crippen LogP contribution in [0.4, 0.5) is 16.2 Å². The lowest BCUT2D eigenvalue weighted by molar-refractivity contribution is -0.384. The van der Waals surface area contributed by atoms with Gasteiger partial charge in [0.1, 0.15) is 6.10 Å². The largest absolute Gasteiger partial charge is 0.367 e. The van der Waals surface area contributed by atoms with Gasteiger partial charge in [-0.3, -0.25) is 10.1 Å². The van der Waals surface area contributed by atoms with Gasteiger partial charge in [-0.2, -0.15) is 11.3 Å². The van der Waals surface area contributed by atoms with E-state index in [1.807, 2.05) is 23.8 Å². The highest BCUT2D eigenvalue weighted by molar-refractivity contribution is 7.07. The average molecular weight is 347 g/mol. The summed E-state index contributed by atoms with van der Waals surface area (Å²) in [6.07, 6.45) is -0.240. The third-order valence-electron chi connectivity index (χ3n) is 3.77. The highest BCUT2D eigenvalue weighted by Gasteiger charge is 2.29. The van der Waals surface area contributed by atoms with Crippen LogP contribution in [0.5, 0.6) is 0 Å². The van der Waals surface area contributed by atoms with Crippen molar-refractivity contribution in [1.82, 2.24) is 4.90 Å². The standard InChI is InChI=1S/C16H17N3O4S/c1-11-8-18(9-15(23-11)12-5-6-24-10-12)16(20)17-13-3-2-4-14(7-13)19(21)22/h2-7,10-11,15H,8-9H2,1H3,(H,17,20)/t11-,15+/m1/s1. The first-order valence-corrected chi connectivity index (χ1v) is 8.45. The van der Waals surface area contributed by atoms with E-state index in [2.05, 4.69) is 5.32 Å². The molecule has 24 heavy (non-hydrogen) atoms. The normalized spacial score (nSPS) is 20.6. The summed E-state index contributed by atoms with van der Waals surface area (Å²) in [5.41, 5.74) is 1.40. The summed E-state index contributed by atoms with van der Waals surface area (Å²) in [6.45, 7) is 2.84. The number of hydrogen-bond donors (Lipinski definition) is 1. The van der Waals surface area contributed by atoms with Crippen molar-refractivity contribution in [3.8, 4) is 0 Å². The van der Waals surface area contributed by atoms with E-state index in [-0.39, 0.29) is 23.9 Å². The zero-order valence-electron chi connectivity index (χ0n) is 13.0. The Labute approximate surface area is 143 Å². The molecule has 1 fully saturated rings. The first-order valence-electron chi connectivity index (χ1n) is 7.51. The Hall–Kier alpha value is -2.45. The van der Waals surface area contributed by atoms with Gasteiger partial charge < -0.3 is 15.0 Å². The second-order valence-corrected chi connectivity index (χ2v) is 6.41. The maximum absolute atomic E-state index is 12.5. The molecule has 126 valence electrons. The fourth-order valence-corrected chi connectivity index (χ4v) is 3.36. The Kier molecular flexibility index (Phi) is 4.77. The number of nitro groups is 1. The molecular formula is C16H17N3O4S. The van der Waals surface area contributed by atoms with Gasteiger partial charge in [0.15, 0.2) is 0 Å². The van der Waals surface area contributed by atoms with Crippen LogP contribution < -0.4 is 5.32 Å². The minimum atomic E-state index is -0.487. The minimum absolute atomic E-state index is 0.0562. The van der Waals surface area contributed by atoms with Crippen molar-refractivity contribution in [1.29, 1.82) is 0 Å². The van der Waals surface area contributed by atoms with Crippen LogP contribution in [0.15, 0.2) is 41.1 Å². The number of amides is 2. The number of non-ortho nitro benzene ring substituents is 1. The van der Waals surface area contributed by atoms with Gasteiger partial charge in [0, 0.05) is 24.4 Å². The van der Waals surface area contributed by atoms with Crippen molar-refractivity contribution in [3.05, 3.63) is 56.8 Å². The van der Waals surface area contributed by atoms with Crippen LogP contribution in [-0.2, 0) is 4.74 Å². The maximum Gasteiger partial charge on any atom is 0.322 e. The second-order valence-electron chi connectivity index (χ2n) is 5.63. The molecule has 1 saturated heterocycles. The van der Waals surface area contributed by atoms with Crippen LogP contribution in [0.25, 0.3) is 0 Å². The lowest BCUT2D eigenvalue weighted by Crippen LogP contribution is -2.47. The molecule has 2 atom stereocenters. The average Bonchev–Trinajstić information content (AvgIpc) is 3.09. The van der Waals surface area contributed by atoms with Crippen molar-refractivity contribution < 1.29 is 14.5 Å². The highest BCUT2D eigenvalue weighted by atomic mass is 32.1. The number of nitrogens with one attached hydrogen (secondary N) is 1. The number of urea groups is 1. The zero-order valence-corrected chi connectivity index (χ0v) is 13.9. The molecule has 3 rings (SSSR count). The summed E-state index contributed by atoms with van der Waals surface area (Å²) >= 11 is 1.59. The molecule has 2 heterocycles. The van der Waals surface area contributed by atoms with E-state index >= 15 is 0 Å². The Morgan fingerprint density at radius 1 is 1.42 bits per heavy atom. The Morgan fingerprint density at radius 3 is 2.96 bits per heavy atom. The fourth-order valence-electron chi connectivity index (χ4n) is 2.66.